The molecular weight excluding hydrogens is 538 g/mol. The number of hydrogen-bond donors (Lipinski definition) is 1. The van der Waals surface area contributed by atoms with Crippen LogP contribution in [0.4, 0.5) is 17.1 Å². The molecule has 0 saturated carbocycles. The standard InChI is InChI=1S/C28H25N3O6S2/c1-17(2)21-6-4-5-7-22(21)29-26(32)16-37-23-13-8-18(14-24(23)36-3)15-25-27(33)30(28(38)39-25)19-9-11-20(12-10-19)31(34)35/h4-15,17H,16H2,1-3H3,(H,29,32)/b25-15+. The van der Waals surface area contributed by atoms with Gasteiger partial charge in [-0.05, 0) is 53.5 Å². The zero-order chi connectivity index (χ0) is 28.1. The van der Waals surface area contributed by atoms with E-state index in [2.05, 4.69) is 19.2 Å². The van der Waals surface area contributed by atoms with Crippen LogP contribution >= 0.6 is 24.0 Å². The van der Waals surface area contributed by atoms with Crippen LogP contribution in [0.15, 0.2) is 71.6 Å². The second-order valence-corrected chi connectivity index (χ2v) is 10.5. The first-order valence-electron chi connectivity index (χ1n) is 11.9. The van der Waals surface area contributed by atoms with Crippen LogP contribution in [-0.2, 0) is 9.59 Å². The molecule has 0 unspecified atom stereocenters. The van der Waals surface area contributed by atoms with Crippen molar-refractivity contribution >= 4 is 63.3 Å². The van der Waals surface area contributed by atoms with Crippen LogP contribution in [0.3, 0.4) is 0 Å². The van der Waals surface area contributed by atoms with Crippen molar-refractivity contribution in [1.29, 1.82) is 0 Å². The Balaban J connectivity index is 1.45. The number of rotatable bonds is 9. The van der Waals surface area contributed by atoms with E-state index in [4.69, 9.17) is 21.7 Å². The van der Waals surface area contributed by atoms with Gasteiger partial charge in [-0.3, -0.25) is 24.6 Å². The normalized spacial score (nSPS) is 14.2. The summed E-state index contributed by atoms with van der Waals surface area (Å²) in [6.45, 7) is 3.90. The maximum Gasteiger partial charge on any atom is 0.270 e. The second-order valence-electron chi connectivity index (χ2n) is 8.78. The molecule has 0 spiro atoms. The largest absolute Gasteiger partial charge is 0.493 e. The minimum absolute atomic E-state index is 0.0769. The Morgan fingerprint density at radius 3 is 2.51 bits per heavy atom. The fraction of sp³-hybridized carbons (Fsp3) is 0.179. The van der Waals surface area contributed by atoms with Crippen molar-refractivity contribution in [2.45, 2.75) is 19.8 Å². The number of anilines is 2. The first-order valence-corrected chi connectivity index (χ1v) is 13.1. The highest BCUT2D eigenvalue weighted by Crippen LogP contribution is 2.37. The quantitative estimate of drug-likeness (QED) is 0.143. The summed E-state index contributed by atoms with van der Waals surface area (Å²) in [5.74, 6) is 0.385. The highest BCUT2D eigenvalue weighted by Gasteiger charge is 2.33. The van der Waals surface area contributed by atoms with E-state index in [1.165, 1.54) is 36.3 Å². The molecule has 1 heterocycles. The lowest BCUT2D eigenvalue weighted by atomic mass is 10.0. The Morgan fingerprint density at radius 1 is 1.13 bits per heavy atom. The van der Waals surface area contributed by atoms with E-state index >= 15 is 0 Å². The van der Waals surface area contributed by atoms with Gasteiger partial charge in [0.25, 0.3) is 17.5 Å². The summed E-state index contributed by atoms with van der Waals surface area (Å²) in [7, 11) is 1.49. The number of thioether (sulfide) groups is 1. The molecule has 1 fully saturated rings. The summed E-state index contributed by atoms with van der Waals surface area (Å²) in [6, 6.07) is 18.3. The Hall–Kier alpha value is -4.22. The van der Waals surface area contributed by atoms with Crippen molar-refractivity contribution in [1.82, 2.24) is 0 Å². The molecule has 1 saturated heterocycles. The number of nitro groups is 1. The van der Waals surface area contributed by atoms with Gasteiger partial charge in [-0.15, -0.1) is 0 Å². The average Bonchev–Trinajstić information content (AvgIpc) is 3.20. The van der Waals surface area contributed by atoms with Gasteiger partial charge in [-0.1, -0.05) is 62.1 Å². The molecule has 0 aromatic heterocycles. The molecule has 9 nitrogen and oxygen atoms in total. The summed E-state index contributed by atoms with van der Waals surface area (Å²) in [5, 5.41) is 13.8. The third kappa shape index (κ3) is 6.44. The number of carbonyl (C=O) groups excluding carboxylic acids is 2. The summed E-state index contributed by atoms with van der Waals surface area (Å²) >= 11 is 6.51. The summed E-state index contributed by atoms with van der Waals surface area (Å²) in [5.41, 5.74) is 2.81. The van der Waals surface area contributed by atoms with Crippen LogP contribution in [-0.4, -0.2) is 34.8 Å². The Labute approximate surface area is 234 Å². The van der Waals surface area contributed by atoms with Crippen molar-refractivity contribution in [3.8, 4) is 11.5 Å². The van der Waals surface area contributed by atoms with Crippen LogP contribution in [0.1, 0.15) is 30.9 Å². The van der Waals surface area contributed by atoms with Crippen LogP contribution in [0, 0.1) is 10.1 Å². The summed E-state index contributed by atoms with van der Waals surface area (Å²) in [6.07, 6.45) is 1.67. The van der Waals surface area contributed by atoms with E-state index in [-0.39, 0.29) is 30.0 Å². The molecule has 1 N–H and O–H groups in total. The highest BCUT2D eigenvalue weighted by molar-refractivity contribution is 8.27. The number of nitrogens with one attached hydrogen (secondary N) is 1. The molecule has 4 rings (SSSR count). The van der Waals surface area contributed by atoms with Gasteiger partial charge in [-0.25, -0.2) is 0 Å². The van der Waals surface area contributed by atoms with Crippen LogP contribution in [0.25, 0.3) is 6.08 Å². The molecule has 3 aromatic carbocycles. The number of nitro benzene ring substituents is 1. The number of ether oxygens (including phenoxy) is 2. The van der Waals surface area contributed by atoms with E-state index in [0.717, 1.165) is 23.0 Å². The van der Waals surface area contributed by atoms with Crippen molar-refractivity contribution in [3.63, 3.8) is 0 Å². The predicted octanol–water partition coefficient (Wildman–Crippen LogP) is 6.15. The number of thiocarbonyl (C=S) groups is 1. The Morgan fingerprint density at radius 2 is 1.85 bits per heavy atom. The predicted molar refractivity (Wildman–Crippen MR) is 156 cm³/mol. The number of nitrogens with zero attached hydrogens (tertiary/aromatic N) is 2. The molecule has 1 aliphatic rings. The SMILES string of the molecule is COc1cc(/C=C2/SC(=S)N(c3ccc([N+](=O)[O-])cc3)C2=O)ccc1OCC(=O)Nc1ccccc1C(C)C. The van der Waals surface area contributed by atoms with Crippen molar-refractivity contribution in [2.75, 3.05) is 23.9 Å². The highest BCUT2D eigenvalue weighted by atomic mass is 32.2. The summed E-state index contributed by atoms with van der Waals surface area (Å²) < 4.78 is 11.5. The summed E-state index contributed by atoms with van der Waals surface area (Å²) in [4.78, 5) is 37.8. The van der Waals surface area contributed by atoms with Crippen molar-refractivity contribution < 1.29 is 24.0 Å². The van der Waals surface area contributed by atoms with Crippen molar-refractivity contribution in [3.05, 3.63) is 92.9 Å². The van der Waals surface area contributed by atoms with Gasteiger partial charge in [0, 0.05) is 17.8 Å². The van der Waals surface area contributed by atoms with Gasteiger partial charge in [-0.2, -0.15) is 0 Å². The smallest absolute Gasteiger partial charge is 0.270 e. The third-order valence-corrected chi connectivity index (χ3v) is 7.12. The minimum atomic E-state index is -0.507. The van der Waals surface area contributed by atoms with E-state index < -0.39 is 4.92 Å². The van der Waals surface area contributed by atoms with Crippen molar-refractivity contribution in [2.24, 2.45) is 0 Å². The van der Waals surface area contributed by atoms with Crippen LogP contribution in [0.2, 0.25) is 0 Å². The lowest BCUT2D eigenvalue weighted by Crippen LogP contribution is -2.27. The van der Waals surface area contributed by atoms with Crippen LogP contribution in [0.5, 0.6) is 11.5 Å². The molecule has 0 aliphatic carbocycles. The number of hydrogen-bond acceptors (Lipinski definition) is 8. The lowest BCUT2D eigenvalue weighted by molar-refractivity contribution is -0.384. The monoisotopic (exact) mass is 563 g/mol. The first-order chi connectivity index (χ1) is 18.7. The van der Waals surface area contributed by atoms with Crippen LogP contribution < -0.4 is 19.7 Å². The fourth-order valence-corrected chi connectivity index (χ4v) is 5.20. The first kappa shape index (κ1) is 27.8. The zero-order valence-electron chi connectivity index (χ0n) is 21.4. The van der Waals surface area contributed by atoms with E-state index in [9.17, 15) is 19.7 Å². The fourth-order valence-electron chi connectivity index (χ4n) is 3.90. The van der Waals surface area contributed by atoms with E-state index in [0.29, 0.717) is 32.0 Å². The third-order valence-electron chi connectivity index (χ3n) is 5.81. The average molecular weight is 564 g/mol. The van der Waals surface area contributed by atoms with Gasteiger partial charge in [0.2, 0.25) is 0 Å². The van der Waals surface area contributed by atoms with E-state index in [1.54, 1.807) is 24.3 Å². The number of benzene rings is 3. The zero-order valence-corrected chi connectivity index (χ0v) is 23.0. The molecule has 0 bridgehead atoms. The molecule has 0 radical (unpaired) electrons. The molecule has 3 aromatic rings. The molecule has 0 atom stereocenters. The molecule has 1 aliphatic heterocycles. The number of amides is 2. The van der Waals surface area contributed by atoms with E-state index in [1.807, 2.05) is 24.3 Å². The molecule has 200 valence electrons. The maximum absolute atomic E-state index is 13.1. The lowest BCUT2D eigenvalue weighted by Gasteiger charge is -2.15. The Kier molecular flexibility index (Phi) is 8.62. The number of non-ortho nitro benzene ring substituents is 1. The molecular formula is C28H25N3O6S2. The topological polar surface area (TPSA) is 111 Å². The maximum atomic E-state index is 13.1. The molecule has 2 amide bonds. The number of para-hydroxylation sites is 1. The van der Waals surface area contributed by atoms with Gasteiger partial charge < -0.3 is 14.8 Å². The van der Waals surface area contributed by atoms with Gasteiger partial charge >= 0.3 is 0 Å². The number of methoxy groups -OCH3 is 1. The van der Waals surface area contributed by atoms with Gasteiger partial charge in [0.05, 0.1) is 22.6 Å². The number of carbonyl (C=O) groups is 2. The van der Waals surface area contributed by atoms with Gasteiger partial charge in [0.15, 0.2) is 22.4 Å². The molecule has 11 heteroatoms. The van der Waals surface area contributed by atoms with Gasteiger partial charge in [0.1, 0.15) is 0 Å². The minimum Gasteiger partial charge on any atom is -0.493 e. The molecule has 39 heavy (non-hydrogen) atoms. The second kappa shape index (κ2) is 12.1. The Bertz CT molecular complexity index is 1470.